The van der Waals surface area contributed by atoms with Gasteiger partial charge in [-0.3, -0.25) is 4.98 Å². The highest BCUT2D eigenvalue weighted by molar-refractivity contribution is 5.89. The van der Waals surface area contributed by atoms with Crippen LogP contribution in [-0.4, -0.2) is 39.3 Å². The molecule has 8 heteroatoms. The fraction of sp³-hybridized carbons (Fsp3) is 0.265. The molecule has 1 fully saturated rings. The molecule has 3 aromatic carbocycles. The van der Waals surface area contributed by atoms with Gasteiger partial charge in [0.2, 0.25) is 0 Å². The molecule has 0 aliphatic heterocycles. The quantitative estimate of drug-likeness (QED) is 0.190. The lowest BCUT2D eigenvalue weighted by molar-refractivity contribution is 0.148. The fourth-order valence-corrected chi connectivity index (χ4v) is 5.95. The summed E-state index contributed by atoms with van der Waals surface area (Å²) < 4.78 is 21.2. The zero-order valence-electron chi connectivity index (χ0n) is 24.0. The van der Waals surface area contributed by atoms with E-state index < -0.39 is 6.10 Å². The molecule has 7 nitrogen and oxygen atoms in total. The molecule has 3 N–H and O–H groups in total. The summed E-state index contributed by atoms with van der Waals surface area (Å²) in [6, 6.07) is 17.5. The van der Waals surface area contributed by atoms with E-state index in [9.17, 15) is 5.11 Å². The zero-order valence-corrected chi connectivity index (χ0v) is 24.0. The molecule has 0 saturated heterocycles. The van der Waals surface area contributed by atoms with E-state index in [-0.39, 0.29) is 11.9 Å². The predicted octanol–water partition coefficient (Wildman–Crippen LogP) is 6.87. The van der Waals surface area contributed by atoms with E-state index in [1.54, 1.807) is 31.8 Å². The summed E-state index contributed by atoms with van der Waals surface area (Å²) >= 11 is 0. The van der Waals surface area contributed by atoms with Crippen LogP contribution in [0.1, 0.15) is 36.0 Å². The second-order valence-corrected chi connectivity index (χ2v) is 10.8. The molecule has 0 spiro atoms. The molecular weight excluding hydrogens is 529 g/mol. The lowest BCUT2D eigenvalue weighted by Crippen LogP contribution is -2.35. The van der Waals surface area contributed by atoms with Crippen LogP contribution in [0.4, 0.5) is 15.9 Å². The first kappa shape index (κ1) is 27.8. The summed E-state index contributed by atoms with van der Waals surface area (Å²) in [5.41, 5.74) is 8.75. The molecule has 2 atom stereocenters. The third-order valence-electron chi connectivity index (χ3n) is 8.30. The first-order valence-corrected chi connectivity index (χ1v) is 14.2. The maximum absolute atomic E-state index is 15.5. The summed E-state index contributed by atoms with van der Waals surface area (Å²) in [7, 11) is 1.56. The number of ether oxygens (including phenoxy) is 1. The van der Waals surface area contributed by atoms with Gasteiger partial charge >= 0.3 is 0 Å². The van der Waals surface area contributed by atoms with Crippen molar-refractivity contribution in [2.24, 2.45) is 0 Å². The summed E-state index contributed by atoms with van der Waals surface area (Å²) in [5.74, 6) is 0.802. The highest BCUT2D eigenvalue weighted by atomic mass is 19.1. The van der Waals surface area contributed by atoms with Crippen molar-refractivity contribution in [2.45, 2.75) is 51.8 Å². The molecule has 2 aromatic heterocycles. The fourth-order valence-electron chi connectivity index (χ4n) is 5.95. The van der Waals surface area contributed by atoms with Crippen molar-refractivity contribution in [3.05, 3.63) is 95.7 Å². The Morgan fingerprint density at radius 2 is 1.67 bits per heavy atom. The smallest absolute Gasteiger partial charge is 0.158 e. The molecule has 0 radical (unpaired) electrons. The Morgan fingerprint density at radius 1 is 0.905 bits per heavy atom. The van der Waals surface area contributed by atoms with Crippen molar-refractivity contribution < 1.29 is 14.2 Å². The lowest BCUT2D eigenvalue weighted by atomic mass is 9.90. The van der Waals surface area contributed by atoms with Crippen LogP contribution in [0, 0.1) is 19.7 Å². The van der Waals surface area contributed by atoms with Crippen molar-refractivity contribution in [1.29, 1.82) is 0 Å². The van der Waals surface area contributed by atoms with Gasteiger partial charge in [0.05, 0.1) is 18.7 Å². The summed E-state index contributed by atoms with van der Waals surface area (Å²) in [4.78, 5) is 13.4. The molecule has 0 bridgehead atoms. The highest BCUT2D eigenvalue weighted by Gasteiger charge is 2.25. The van der Waals surface area contributed by atoms with Gasteiger partial charge in [0, 0.05) is 42.4 Å². The van der Waals surface area contributed by atoms with Gasteiger partial charge in [-0.05, 0) is 90.8 Å². The van der Waals surface area contributed by atoms with E-state index in [0.717, 1.165) is 63.8 Å². The van der Waals surface area contributed by atoms with Crippen LogP contribution < -0.4 is 15.4 Å². The predicted molar refractivity (Wildman–Crippen MR) is 164 cm³/mol. The van der Waals surface area contributed by atoms with Gasteiger partial charge in [-0.25, -0.2) is 14.4 Å². The van der Waals surface area contributed by atoms with Crippen LogP contribution in [0.5, 0.6) is 5.75 Å². The molecule has 0 amide bonds. The SMILES string of the molecule is COc1cc(-c2cccc(-c3cccc(Nc4nccc5nccnc45)c3C)c2C)cc(F)c1CN[C@@H]1CCC[C@@H]1O. The third-order valence-corrected chi connectivity index (χ3v) is 8.30. The second-order valence-electron chi connectivity index (χ2n) is 10.8. The summed E-state index contributed by atoms with van der Waals surface area (Å²) in [6.45, 7) is 4.44. The van der Waals surface area contributed by atoms with Crippen LogP contribution in [0.15, 0.2) is 73.2 Å². The second kappa shape index (κ2) is 11.8. The number of aliphatic hydroxyl groups excluding tert-OH is 1. The Balaban J connectivity index is 1.32. The molecule has 5 aromatic rings. The number of hydrogen-bond donors (Lipinski definition) is 3. The van der Waals surface area contributed by atoms with Crippen molar-refractivity contribution in [1.82, 2.24) is 20.3 Å². The number of benzene rings is 3. The number of aliphatic hydroxyl groups is 1. The molecule has 42 heavy (non-hydrogen) atoms. The molecular formula is C34H34FN5O2. The number of halogens is 1. The maximum Gasteiger partial charge on any atom is 0.158 e. The molecule has 0 unspecified atom stereocenters. The van der Waals surface area contributed by atoms with Crippen LogP contribution in [-0.2, 0) is 6.54 Å². The Morgan fingerprint density at radius 3 is 2.45 bits per heavy atom. The minimum atomic E-state index is -0.391. The van der Waals surface area contributed by atoms with Gasteiger partial charge in [0.25, 0.3) is 0 Å². The number of hydrogen-bond acceptors (Lipinski definition) is 7. The minimum Gasteiger partial charge on any atom is -0.496 e. The van der Waals surface area contributed by atoms with Crippen LogP contribution >= 0.6 is 0 Å². The monoisotopic (exact) mass is 563 g/mol. The summed E-state index contributed by atoms with van der Waals surface area (Å²) in [6.07, 6.45) is 7.30. The van der Waals surface area contributed by atoms with Crippen LogP contribution in [0.3, 0.4) is 0 Å². The Kier molecular flexibility index (Phi) is 7.82. The topological polar surface area (TPSA) is 92.2 Å². The van der Waals surface area contributed by atoms with Crippen molar-refractivity contribution >= 4 is 22.5 Å². The highest BCUT2D eigenvalue weighted by Crippen LogP contribution is 2.38. The van der Waals surface area contributed by atoms with Crippen LogP contribution in [0.2, 0.25) is 0 Å². The number of pyridine rings is 1. The zero-order chi connectivity index (χ0) is 29.2. The van der Waals surface area contributed by atoms with Crippen molar-refractivity contribution in [2.75, 3.05) is 12.4 Å². The molecule has 2 heterocycles. The van der Waals surface area contributed by atoms with E-state index >= 15 is 4.39 Å². The van der Waals surface area contributed by atoms with Crippen LogP contribution in [0.25, 0.3) is 33.3 Å². The normalized spacial score (nSPS) is 16.6. The van der Waals surface area contributed by atoms with Crippen molar-refractivity contribution in [3.63, 3.8) is 0 Å². The van der Waals surface area contributed by atoms with Gasteiger partial charge in [0.15, 0.2) is 5.82 Å². The Hall–Kier alpha value is -4.40. The molecule has 1 aliphatic carbocycles. The molecule has 6 rings (SSSR count). The van der Waals surface area contributed by atoms with E-state index in [0.29, 0.717) is 29.2 Å². The number of nitrogens with zero attached hydrogens (tertiary/aromatic N) is 3. The number of nitrogens with one attached hydrogen (secondary N) is 2. The molecule has 214 valence electrons. The first-order valence-electron chi connectivity index (χ1n) is 14.2. The van der Waals surface area contributed by atoms with Gasteiger partial charge in [-0.2, -0.15) is 0 Å². The summed E-state index contributed by atoms with van der Waals surface area (Å²) in [5, 5.41) is 16.9. The number of fused-ring (bicyclic) bond motifs is 1. The van der Waals surface area contributed by atoms with E-state index in [1.165, 1.54) is 0 Å². The van der Waals surface area contributed by atoms with Gasteiger partial charge in [-0.1, -0.05) is 30.3 Å². The largest absolute Gasteiger partial charge is 0.496 e. The Labute approximate surface area is 244 Å². The molecule has 1 aliphatic rings. The lowest BCUT2D eigenvalue weighted by Gasteiger charge is -2.20. The number of aromatic nitrogens is 3. The van der Waals surface area contributed by atoms with Gasteiger partial charge in [-0.15, -0.1) is 0 Å². The minimum absolute atomic E-state index is 0.0227. The number of methoxy groups -OCH3 is 1. The third kappa shape index (κ3) is 5.31. The average molecular weight is 564 g/mol. The Bertz CT molecular complexity index is 1750. The van der Waals surface area contributed by atoms with Gasteiger partial charge < -0.3 is 20.5 Å². The number of rotatable bonds is 8. The van der Waals surface area contributed by atoms with Gasteiger partial charge in [0.1, 0.15) is 17.1 Å². The van der Waals surface area contributed by atoms with E-state index in [2.05, 4.69) is 51.6 Å². The van der Waals surface area contributed by atoms with E-state index in [4.69, 9.17) is 4.74 Å². The molecule has 1 saturated carbocycles. The average Bonchev–Trinajstić information content (AvgIpc) is 3.42. The standard InChI is InChI=1S/C34H34FN5O2/c1-20-23(22-17-27(35)26(32(18-22)42-3)19-39-29-11-6-12-31(29)41)7-4-8-24(20)25-9-5-10-28(21(25)2)40-34-33-30(13-14-38-34)36-15-16-37-33/h4-5,7-10,13-18,29,31,39,41H,6,11-12,19H2,1-3H3,(H,38,40)/t29-,31+/m1/s1. The first-order chi connectivity index (χ1) is 20.4. The maximum atomic E-state index is 15.5. The van der Waals surface area contributed by atoms with Crippen molar-refractivity contribution in [3.8, 4) is 28.0 Å². The number of anilines is 2. The van der Waals surface area contributed by atoms with E-state index in [1.807, 2.05) is 36.4 Å².